The molecule has 2 amide bonds. The average molecular weight is 611 g/mol. The van der Waals surface area contributed by atoms with E-state index in [-0.39, 0.29) is 23.6 Å². The van der Waals surface area contributed by atoms with E-state index < -0.39 is 34.6 Å². The van der Waals surface area contributed by atoms with Gasteiger partial charge in [-0.2, -0.15) is 0 Å². The predicted molar refractivity (Wildman–Crippen MR) is 160 cm³/mol. The summed E-state index contributed by atoms with van der Waals surface area (Å²) >= 11 is 2.67. The highest BCUT2D eigenvalue weighted by Gasteiger charge is 2.30. The average Bonchev–Trinajstić information content (AvgIpc) is 3.29. The summed E-state index contributed by atoms with van der Waals surface area (Å²) < 4.78 is 5.29. The highest BCUT2D eigenvalue weighted by Crippen LogP contribution is 2.40. The lowest BCUT2D eigenvalue weighted by Crippen LogP contribution is -2.23. The van der Waals surface area contributed by atoms with Gasteiger partial charge in [-0.3, -0.25) is 9.59 Å². The summed E-state index contributed by atoms with van der Waals surface area (Å²) in [6, 6.07) is 9.96. The van der Waals surface area contributed by atoms with E-state index >= 15 is 0 Å². The minimum atomic E-state index is -1.43. The highest BCUT2D eigenvalue weighted by molar-refractivity contribution is 8.00. The molecule has 42 heavy (non-hydrogen) atoms. The van der Waals surface area contributed by atoms with Crippen LogP contribution in [-0.4, -0.2) is 51.8 Å². The van der Waals surface area contributed by atoms with Crippen molar-refractivity contribution in [2.24, 2.45) is 5.92 Å². The van der Waals surface area contributed by atoms with Crippen molar-refractivity contribution >= 4 is 63.5 Å². The number of carbonyl (C=O) groups excluding carboxylic acids is 3. The summed E-state index contributed by atoms with van der Waals surface area (Å²) in [6.45, 7) is 5.87. The van der Waals surface area contributed by atoms with Crippen LogP contribution in [0, 0.1) is 5.92 Å². The number of amides is 2. The fourth-order valence-corrected chi connectivity index (χ4v) is 6.96. The molecule has 12 heteroatoms. The Morgan fingerprint density at radius 1 is 1.05 bits per heavy atom. The van der Waals surface area contributed by atoms with Crippen molar-refractivity contribution in [1.82, 2.24) is 0 Å². The zero-order valence-electron chi connectivity index (χ0n) is 23.2. The van der Waals surface area contributed by atoms with Crippen molar-refractivity contribution in [3.8, 4) is 0 Å². The number of aromatic carboxylic acids is 2. The van der Waals surface area contributed by atoms with Crippen molar-refractivity contribution < 1.29 is 38.9 Å². The van der Waals surface area contributed by atoms with Crippen LogP contribution in [0.1, 0.15) is 79.1 Å². The number of benzene rings is 2. The quantitative estimate of drug-likeness (QED) is 0.164. The minimum Gasteiger partial charge on any atom is -0.478 e. The van der Waals surface area contributed by atoms with Crippen LogP contribution in [0.4, 0.5) is 10.7 Å². The molecule has 0 spiro atoms. The van der Waals surface area contributed by atoms with E-state index in [4.69, 9.17) is 9.84 Å². The lowest BCUT2D eigenvalue weighted by molar-refractivity contribution is -0.115. The van der Waals surface area contributed by atoms with Crippen molar-refractivity contribution in [2.45, 2.75) is 50.2 Å². The first-order valence-electron chi connectivity index (χ1n) is 13.3. The second-order valence-electron chi connectivity index (χ2n) is 9.88. The molecular formula is C30H30N2O8S2. The third-order valence-electron chi connectivity index (χ3n) is 6.74. The standard InChI is InChI=1S/C30H30N2O8S2/c1-4-40-30(39)24-21-10-8-15(2)12-23(21)42-27(24)32-25(33)16(3)41-19-7-5-6-18(14-19)31-26(34)20-11-9-17(28(35)36)13-22(20)29(37)38/h5-7,9,11,13-16H,4,8,10,12H2,1-3H3,(H,31,34)(H,32,33)(H,35,36)(H,37,38). The Balaban J connectivity index is 1.47. The van der Waals surface area contributed by atoms with Gasteiger partial charge in [0.1, 0.15) is 5.00 Å². The van der Waals surface area contributed by atoms with Crippen LogP contribution < -0.4 is 10.6 Å². The number of carboxylic acid groups (broad SMARTS) is 2. The fourth-order valence-electron chi connectivity index (χ4n) is 4.63. The number of esters is 1. The molecule has 0 aliphatic heterocycles. The first-order chi connectivity index (χ1) is 20.0. The van der Waals surface area contributed by atoms with E-state index in [2.05, 4.69) is 17.6 Å². The van der Waals surface area contributed by atoms with E-state index in [1.54, 1.807) is 38.1 Å². The number of thioether (sulfide) groups is 1. The van der Waals surface area contributed by atoms with E-state index in [0.717, 1.165) is 47.9 Å². The smallest absolute Gasteiger partial charge is 0.341 e. The largest absolute Gasteiger partial charge is 0.478 e. The van der Waals surface area contributed by atoms with Gasteiger partial charge in [0.2, 0.25) is 5.91 Å². The van der Waals surface area contributed by atoms with Gasteiger partial charge in [-0.1, -0.05) is 13.0 Å². The molecule has 0 fully saturated rings. The van der Waals surface area contributed by atoms with Gasteiger partial charge in [0.25, 0.3) is 5.91 Å². The molecule has 2 unspecified atom stereocenters. The van der Waals surface area contributed by atoms with Crippen LogP contribution in [0.3, 0.4) is 0 Å². The Bertz CT molecular complexity index is 1560. The predicted octanol–water partition coefficient (Wildman–Crippen LogP) is 5.82. The molecule has 0 bridgehead atoms. The number of hydrogen-bond acceptors (Lipinski definition) is 8. The topological polar surface area (TPSA) is 159 Å². The molecule has 10 nitrogen and oxygen atoms in total. The van der Waals surface area contributed by atoms with Crippen molar-refractivity contribution in [2.75, 3.05) is 17.2 Å². The molecule has 3 aromatic rings. The minimum absolute atomic E-state index is 0.191. The molecule has 2 atom stereocenters. The van der Waals surface area contributed by atoms with Crippen molar-refractivity contribution in [3.63, 3.8) is 0 Å². The maximum absolute atomic E-state index is 13.2. The lowest BCUT2D eigenvalue weighted by Gasteiger charge is -2.18. The third kappa shape index (κ3) is 7.00. The maximum Gasteiger partial charge on any atom is 0.341 e. The summed E-state index contributed by atoms with van der Waals surface area (Å²) in [7, 11) is 0. The number of anilines is 2. The van der Waals surface area contributed by atoms with E-state index in [0.29, 0.717) is 27.1 Å². The molecule has 0 saturated heterocycles. The van der Waals surface area contributed by atoms with Crippen LogP contribution >= 0.6 is 23.1 Å². The van der Waals surface area contributed by atoms with Crippen LogP contribution in [0.15, 0.2) is 47.4 Å². The fraction of sp³-hybridized carbons (Fsp3) is 0.300. The molecular weight excluding hydrogens is 580 g/mol. The van der Waals surface area contributed by atoms with Gasteiger partial charge in [-0.15, -0.1) is 23.1 Å². The molecule has 0 saturated carbocycles. The van der Waals surface area contributed by atoms with Crippen molar-refractivity contribution in [1.29, 1.82) is 0 Å². The zero-order valence-corrected chi connectivity index (χ0v) is 24.8. The summed E-state index contributed by atoms with van der Waals surface area (Å²) in [5.74, 6) is -3.70. The molecule has 1 heterocycles. The number of carboxylic acids is 2. The molecule has 4 rings (SSSR count). The van der Waals surface area contributed by atoms with Crippen LogP contribution in [0.2, 0.25) is 0 Å². The number of nitrogens with one attached hydrogen (secondary N) is 2. The van der Waals surface area contributed by atoms with Gasteiger partial charge in [-0.25, -0.2) is 14.4 Å². The number of hydrogen-bond donors (Lipinski definition) is 4. The van der Waals surface area contributed by atoms with Gasteiger partial charge in [-0.05, 0) is 81.0 Å². The molecule has 2 aromatic carbocycles. The highest BCUT2D eigenvalue weighted by atomic mass is 32.2. The Kier molecular flexibility index (Phi) is 9.69. The second kappa shape index (κ2) is 13.2. The number of thiophene rings is 1. The Hall–Kier alpha value is -4.16. The van der Waals surface area contributed by atoms with Crippen molar-refractivity contribution in [3.05, 3.63) is 75.2 Å². The second-order valence-corrected chi connectivity index (χ2v) is 12.4. The van der Waals surface area contributed by atoms with E-state index in [9.17, 15) is 29.1 Å². The van der Waals surface area contributed by atoms with Gasteiger partial charge in [0.05, 0.1) is 34.1 Å². The lowest BCUT2D eigenvalue weighted by atomic mass is 9.88. The molecule has 0 radical (unpaired) electrons. The molecule has 1 aliphatic carbocycles. The molecule has 220 valence electrons. The first-order valence-corrected chi connectivity index (χ1v) is 15.0. The molecule has 1 aromatic heterocycles. The molecule has 4 N–H and O–H groups in total. The number of fused-ring (bicyclic) bond motifs is 1. The van der Waals surface area contributed by atoms with Crippen LogP contribution in [0.5, 0.6) is 0 Å². The number of ether oxygens (including phenoxy) is 1. The summed E-state index contributed by atoms with van der Waals surface area (Å²) in [5.41, 5.74) is 0.886. The van der Waals surface area contributed by atoms with Gasteiger partial charge >= 0.3 is 17.9 Å². The van der Waals surface area contributed by atoms with Crippen LogP contribution in [0.25, 0.3) is 0 Å². The summed E-state index contributed by atoms with van der Waals surface area (Å²) in [6.07, 6.45) is 2.58. The van der Waals surface area contributed by atoms with E-state index in [1.165, 1.54) is 23.1 Å². The Morgan fingerprint density at radius 3 is 2.50 bits per heavy atom. The molecule has 1 aliphatic rings. The maximum atomic E-state index is 13.2. The Labute approximate surface area is 250 Å². The Morgan fingerprint density at radius 2 is 1.81 bits per heavy atom. The van der Waals surface area contributed by atoms with Gasteiger partial charge < -0.3 is 25.6 Å². The SMILES string of the molecule is CCOC(=O)c1c(NC(=O)C(C)Sc2cccc(NC(=O)c3ccc(C(=O)O)cc3C(=O)O)c2)sc2c1CCC(C)C2. The zero-order chi connectivity index (χ0) is 30.6. The number of rotatable bonds is 10. The summed E-state index contributed by atoms with van der Waals surface area (Å²) in [5, 5.41) is 24.1. The van der Waals surface area contributed by atoms with E-state index in [1.807, 2.05) is 0 Å². The van der Waals surface area contributed by atoms with Gasteiger partial charge in [0.15, 0.2) is 0 Å². The van der Waals surface area contributed by atoms with Gasteiger partial charge in [0, 0.05) is 15.5 Å². The third-order valence-corrected chi connectivity index (χ3v) is 9.01. The first kappa shape index (κ1) is 30.8. The van der Waals surface area contributed by atoms with Crippen LogP contribution in [-0.2, 0) is 22.4 Å². The number of carbonyl (C=O) groups is 5. The normalized spacial score (nSPS) is 14.8. The summed E-state index contributed by atoms with van der Waals surface area (Å²) in [4.78, 5) is 63.5. The monoisotopic (exact) mass is 610 g/mol.